The molecule has 0 saturated heterocycles. The second-order valence-electron chi connectivity index (χ2n) is 4.24. The van der Waals surface area contributed by atoms with Crippen LogP contribution in [0.2, 0.25) is 0 Å². The lowest BCUT2D eigenvalue weighted by atomic mass is 10.3. The van der Waals surface area contributed by atoms with Crippen LogP contribution >= 0.6 is 15.9 Å². The van der Waals surface area contributed by atoms with Crippen molar-refractivity contribution in [2.45, 2.75) is 26.4 Å². The van der Waals surface area contributed by atoms with E-state index in [1.807, 2.05) is 30.6 Å². The Balaban J connectivity index is 2.09. The van der Waals surface area contributed by atoms with Gasteiger partial charge in [0, 0.05) is 23.4 Å². The number of methoxy groups -OCH3 is 1. The third-order valence-corrected chi connectivity index (χ3v) is 3.36. The first-order valence-electron chi connectivity index (χ1n) is 6.32. The predicted molar refractivity (Wildman–Crippen MR) is 80.5 cm³/mol. The van der Waals surface area contributed by atoms with Crippen LogP contribution in [0.4, 0.5) is 5.69 Å². The number of hydrogen-bond donors (Lipinski definition) is 1. The summed E-state index contributed by atoms with van der Waals surface area (Å²) in [7, 11) is 1.67. The van der Waals surface area contributed by atoms with Crippen LogP contribution in [0.1, 0.15) is 19.2 Å². The quantitative estimate of drug-likeness (QED) is 0.881. The average Bonchev–Trinajstić information content (AvgIpc) is 2.84. The third-order valence-electron chi connectivity index (χ3n) is 2.86. The number of benzene rings is 1. The molecule has 0 aliphatic carbocycles. The number of aromatic nitrogens is 2. The van der Waals surface area contributed by atoms with E-state index in [0.29, 0.717) is 6.54 Å². The first-order valence-corrected chi connectivity index (χ1v) is 7.11. The molecule has 0 aliphatic rings. The van der Waals surface area contributed by atoms with E-state index in [9.17, 15) is 0 Å². The molecule has 1 aromatic heterocycles. The van der Waals surface area contributed by atoms with E-state index in [2.05, 4.69) is 37.7 Å². The Hall–Kier alpha value is -1.49. The van der Waals surface area contributed by atoms with Crippen molar-refractivity contribution in [2.24, 2.45) is 0 Å². The summed E-state index contributed by atoms with van der Waals surface area (Å²) in [6.07, 6.45) is 4.95. The number of halogens is 1. The molecule has 2 aromatic rings. The lowest BCUT2D eigenvalue weighted by molar-refractivity contribution is 0.416. The van der Waals surface area contributed by atoms with Gasteiger partial charge in [0.1, 0.15) is 11.6 Å². The van der Waals surface area contributed by atoms with Crippen LogP contribution in [0, 0.1) is 0 Å². The molecule has 0 spiro atoms. The van der Waals surface area contributed by atoms with Gasteiger partial charge in [-0.2, -0.15) is 0 Å². The lowest BCUT2D eigenvalue weighted by Crippen LogP contribution is -2.09. The molecule has 1 N–H and O–H groups in total. The summed E-state index contributed by atoms with van der Waals surface area (Å²) < 4.78 is 8.52. The standard InChI is InChI=1S/C14H18BrN3O/c1-3-7-18-8-6-16-14(18)10-17-12-9-11(15)4-5-13(12)19-2/h4-6,8-9,17H,3,7,10H2,1-2H3. The fourth-order valence-electron chi connectivity index (χ4n) is 1.94. The maximum Gasteiger partial charge on any atom is 0.142 e. The Bertz CT molecular complexity index is 539. The van der Waals surface area contributed by atoms with E-state index < -0.39 is 0 Å². The Morgan fingerprint density at radius 3 is 3.00 bits per heavy atom. The zero-order chi connectivity index (χ0) is 13.7. The third kappa shape index (κ3) is 3.50. The van der Waals surface area contributed by atoms with E-state index in [1.54, 1.807) is 7.11 Å². The van der Waals surface area contributed by atoms with Crippen molar-refractivity contribution < 1.29 is 4.74 Å². The van der Waals surface area contributed by atoms with E-state index in [-0.39, 0.29) is 0 Å². The Morgan fingerprint density at radius 2 is 2.26 bits per heavy atom. The van der Waals surface area contributed by atoms with E-state index in [1.165, 1.54) is 0 Å². The maximum absolute atomic E-state index is 5.34. The molecule has 0 radical (unpaired) electrons. The molecule has 0 aliphatic heterocycles. The molecule has 5 heteroatoms. The van der Waals surface area contributed by atoms with Crippen LogP contribution in [-0.2, 0) is 13.1 Å². The minimum atomic E-state index is 0.680. The number of ether oxygens (including phenoxy) is 1. The molecule has 0 atom stereocenters. The summed E-state index contributed by atoms with van der Waals surface area (Å²) in [5.41, 5.74) is 0.961. The van der Waals surface area contributed by atoms with E-state index >= 15 is 0 Å². The van der Waals surface area contributed by atoms with Crippen LogP contribution in [0.15, 0.2) is 35.1 Å². The molecular weight excluding hydrogens is 306 g/mol. The summed E-state index contributed by atoms with van der Waals surface area (Å²) in [4.78, 5) is 4.38. The average molecular weight is 324 g/mol. The lowest BCUT2D eigenvalue weighted by Gasteiger charge is -2.12. The fraction of sp³-hybridized carbons (Fsp3) is 0.357. The van der Waals surface area contributed by atoms with Crippen LogP contribution in [0.25, 0.3) is 0 Å². The highest BCUT2D eigenvalue weighted by Gasteiger charge is 2.06. The van der Waals surface area contributed by atoms with Crippen molar-refractivity contribution in [3.05, 3.63) is 40.9 Å². The molecule has 0 unspecified atom stereocenters. The molecule has 19 heavy (non-hydrogen) atoms. The monoisotopic (exact) mass is 323 g/mol. The summed E-state index contributed by atoms with van der Waals surface area (Å²) in [5.74, 6) is 1.86. The number of nitrogens with one attached hydrogen (secondary N) is 1. The van der Waals surface area contributed by atoms with Gasteiger partial charge in [0.05, 0.1) is 19.3 Å². The van der Waals surface area contributed by atoms with Crippen molar-refractivity contribution in [1.82, 2.24) is 9.55 Å². The van der Waals surface area contributed by atoms with Crippen LogP contribution in [-0.4, -0.2) is 16.7 Å². The van der Waals surface area contributed by atoms with Gasteiger partial charge in [-0.15, -0.1) is 0 Å². The number of aryl methyl sites for hydroxylation is 1. The van der Waals surface area contributed by atoms with Crippen LogP contribution in [0.3, 0.4) is 0 Å². The largest absolute Gasteiger partial charge is 0.495 e. The van der Waals surface area contributed by atoms with Gasteiger partial charge in [0.15, 0.2) is 0 Å². The zero-order valence-corrected chi connectivity index (χ0v) is 12.8. The van der Waals surface area contributed by atoms with Crippen LogP contribution < -0.4 is 10.1 Å². The van der Waals surface area contributed by atoms with E-state index in [4.69, 9.17) is 4.74 Å². The molecule has 1 aromatic carbocycles. The van der Waals surface area contributed by atoms with Crippen molar-refractivity contribution >= 4 is 21.6 Å². The van der Waals surface area contributed by atoms with Gasteiger partial charge < -0.3 is 14.6 Å². The number of hydrogen-bond acceptors (Lipinski definition) is 3. The molecule has 102 valence electrons. The molecule has 0 saturated carbocycles. The van der Waals surface area contributed by atoms with Gasteiger partial charge in [-0.25, -0.2) is 4.98 Å². The Kier molecular flexibility index (Phi) is 4.85. The molecule has 1 heterocycles. The summed E-state index contributed by atoms with van der Waals surface area (Å²) >= 11 is 3.47. The highest BCUT2D eigenvalue weighted by atomic mass is 79.9. The van der Waals surface area contributed by atoms with Gasteiger partial charge >= 0.3 is 0 Å². The first-order chi connectivity index (χ1) is 9.24. The summed E-state index contributed by atoms with van der Waals surface area (Å²) in [5, 5.41) is 3.37. The van der Waals surface area contributed by atoms with E-state index in [0.717, 1.165) is 34.7 Å². The number of nitrogens with zero attached hydrogens (tertiary/aromatic N) is 2. The fourth-order valence-corrected chi connectivity index (χ4v) is 2.31. The van der Waals surface area contributed by atoms with Gasteiger partial charge in [-0.1, -0.05) is 22.9 Å². The zero-order valence-electron chi connectivity index (χ0n) is 11.2. The van der Waals surface area contributed by atoms with Crippen molar-refractivity contribution in [3.8, 4) is 5.75 Å². The minimum absolute atomic E-state index is 0.680. The first kappa shape index (κ1) is 13.9. The highest BCUT2D eigenvalue weighted by Crippen LogP contribution is 2.28. The normalized spacial score (nSPS) is 10.5. The highest BCUT2D eigenvalue weighted by molar-refractivity contribution is 9.10. The Labute approximate surface area is 121 Å². The van der Waals surface area contributed by atoms with Gasteiger partial charge in [0.25, 0.3) is 0 Å². The topological polar surface area (TPSA) is 39.1 Å². The molecule has 4 nitrogen and oxygen atoms in total. The second-order valence-corrected chi connectivity index (χ2v) is 5.15. The molecule has 0 amide bonds. The molecular formula is C14H18BrN3O. The number of rotatable bonds is 6. The van der Waals surface area contributed by atoms with Crippen molar-refractivity contribution in [2.75, 3.05) is 12.4 Å². The molecule has 0 bridgehead atoms. The predicted octanol–water partition coefficient (Wildman–Crippen LogP) is 3.68. The molecule has 2 rings (SSSR count). The van der Waals surface area contributed by atoms with Crippen molar-refractivity contribution in [3.63, 3.8) is 0 Å². The Morgan fingerprint density at radius 1 is 1.42 bits per heavy atom. The second kappa shape index (κ2) is 6.61. The van der Waals surface area contributed by atoms with Gasteiger partial charge in [0.2, 0.25) is 0 Å². The van der Waals surface area contributed by atoms with Crippen molar-refractivity contribution in [1.29, 1.82) is 0 Å². The maximum atomic E-state index is 5.34. The summed E-state index contributed by atoms with van der Waals surface area (Å²) in [6, 6.07) is 5.90. The van der Waals surface area contributed by atoms with Gasteiger partial charge in [-0.05, 0) is 24.6 Å². The SMILES string of the molecule is CCCn1ccnc1CNc1cc(Br)ccc1OC. The number of anilines is 1. The number of imidazole rings is 1. The molecule has 0 fully saturated rings. The summed E-state index contributed by atoms with van der Waals surface area (Å²) in [6.45, 7) is 3.83. The minimum Gasteiger partial charge on any atom is -0.495 e. The smallest absolute Gasteiger partial charge is 0.142 e. The van der Waals surface area contributed by atoms with Crippen LogP contribution in [0.5, 0.6) is 5.75 Å². The van der Waals surface area contributed by atoms with Gasteiger partial charge in [-0.3, -0.25) is 0 Å².